The molecule has 0 amide bonds. The summed E-state index contributed by atoms with van der Waals surface area (Å²) in [6.45, 7) is 2.99. The summed E-state index contributed by atoms with van der Waals surface area (Å²) >= 11 is 0. The third kappa shape index (κ3) is 4.30. The summed E-state index contributed by atoms with van der Waals surface area (Å²) in [5.41, 5.74) is 2.18. The minimum absolute atomic E-state index is 0.173. The van der Waals surface area contributed by atoms with Crippen LogP contribution in [-0.4, -0.2) is 38.1 Å². The van der Waals surface area contributed by atoms with Gasteiger partial charge in [0.05, 0.1) is 5.75 Å². The SMILES string of the molecule is Cc1ccccc1CN(C)S(=O)(=O)CCNC1CC1. The van der Waals surface area contributed by atoms with Crippen LogP contribution < -0.4 is 5.32 Å². The third-order valence-corrected chi connectivity index (χ3v) is 5.30. The Morgan fingerprint density at radius 3 is 2.63 bits per heavy atom. The van der Waals surface area contributed by atoms with Crippen LogP contribution in [0.25, 0.3) is 0 Å². The van der Waals surface area contributed by atoms with Gasteiger partial charge in [0, 0.05) is 26.2 Å². The molecular weight excluding hydrogens is 260 g/mol. The molecule has 1 aromatic carbocycles. The minimum Gasteiger partial charge on any atom is -0.313 e. The zero-order valence-corrected chi connectivity index (χ0v) is 12.4. The summed E-state index contributed by atoms with van der Waals surface area (Å²) in [6, 6.07) is 8.44. The molecule has 0 saturated heterocycles. The van der Waals surface area contributed by atoms with Gasteiger partial charge in [-0.05, 0) is 30.9 Å². The second kappa shape index (κ2) is 6.03. The molecule has 1 aliphatic carbocycles. The van der Waals surface area contributed by atoms with Crippen LogP contribution in [0.1, 0.15) is 24.0 Å². The zero-order chi connectivity index (χ0) is 13.9. The van der Waals surface area contributed by atoms with Gasteiger partial charge in [0.15, 0.2) is 0 Å². The van der Waals surface area contributed by atoms with Crippen molar-refractivity contribution in [1.82, 2.24) is 9.62 Å². The van der Waals surface area contributed by atoms with Crippen molar-refractivity contribution in [3.05, 3.63) is 35.4 Å². The highest BCUT2D eigenvalue weighted by Crippen LogP contribution is 2.18. The standard InChI is InChI=1S/C14H22N2O2S/c1-12-5-3-4-6-13(12)11-16(2)19(17,18)10-9-15-14-7-8-14/h3-6,14-15H,7-11H2,1-2H3. The van der Waals surface area contributed by atoms with E-state index >= 15 is 0 Å². The van der Waals surface area contributed by atoms with Gasteiger partial charge in [-0.3, -0.25) is 0 Å². The fourth-order valence-electron chi connectivity index (χ4n) is 1.96. The van der Waals surface area contributed by atoms with E-state index < -0.39 is 10.0 Å². The van der Waals surface area contributed by atoms with Crippen molar-refractivity contribution in [1.29, 1.82) is 0 Å². The molecule has 0 aromatic heterocycles. The fraction of sp³-hybridized carbons (Fsp3) is 0.571. The van der Waals surface area contributed by atoms with Crippen molar-refractivity contribution >= 4 is 10.0 Å². The van der Waals surface area contributed by atoms with E-state index in [2.05, 4.69) is 5.32 Å². The summed E-state index contributed by atoms with van der Waals surface area (Å²) in [7, 11) is -1.52. The van der Waals surface area contributed by atoms with Crippen LogP contribution in [0.5, 0.6) is 0 Å². The van der Waals surface area contributed by atoms with Gasteiger partial charge in [-0.2, -0.15) is 0 Å². The maximum atomic E-state index is 12.1. The van der Waals surface area contributed by atoms with Gasteiger partial charge >= 0.3 is 0 Å². The van der Waals surface area contributed by atoms with Gasteiger partial charge in [0.25, 0.3) is 0 Å². The first-order chi connectivity index (χ1) is 8.99. The lowest BCUT2D eigenvalue weighted by Gasteiger charge is -2.18. The van der Waals surface area contributed by atoms with E-state index in [9.17, 15) is 8.42 Å². The molecule has 1 saturated carbocycles. The van der Waals surface area contributed by atoms with Crippen LogP contribution in [0.15, 0.2) is 24.3 Å². The Bertz CT molecular complexity index is 524. The number of aryl methyl sites for hydroxylation is 1. The smallest absolute Gasteiger partial charge is 0.215 e. The number of benzene rings is 1. The molecule has 1 N–H and O–H groups in total. The number of hydrogen-bond acceptors (Lipinski definition) is 3. The van der Waals surface area contributed by atoms with E-state index in [0.717, 1.165) is 11.1 Å². The molecule has 2 rings (SSSR count). The average Bonchev–Trinajstić information content (AvgIpc) is 3.16. The van der Waals surface area contributed by atoms with Crippen LogP contribution in [0.4, 0.5) is 0 Å². The average molecular weight is 282 g/mol. The Labute approximate surface area is 115 Å². The van der Waals surface area contributed by atoms with E-state index in [-0.39, 0.29) is 5.75 Å². The second-order valence-electron chi connectivity index (χ2n) is 5.23. The predicted molar refractivity (Wildman–Crippen MR) is 77.5 cm³/mol. The van der Waals surface area contributed by atoms with E-state index in [4.69, 9.17) is 0 Å². The molecule has 19 heavy (non-hydrogen) atoms. The first-order valence-corrected chi connectivity index (χ1v) is 8.32. The molecule has 0 aliphatic heterocycles. The molecule has 1 aromatic rings. The lowest BCUT2D eigenvalue weighted by molar-refractivity contribution is 0.464. The topological polar surface area (TPSA) is 49.4 Å². The van der Waals surface area contributed by atoms with Crippen molar-refractivity contribution in [3.63, 3.8) is 0 Å². The Hall–Kier alpha value is -0.910. The van der Waals surface area contributed by atoms with E-state index in [1.807, 2.05) is 31.2 Å². The van der Waals surface area contributed by atoms with Crippen LogP contribution in [0, 0.1) is 6.92 Å². The normalized spacial score (nSPS) is 15.9. The Morgan fingerprint density at radius 2 is 2.00 bits per heavy atom. The van der Waals surface area contributed by atoms with Gasteiger partial charge in [-0.15, -0.1) is 0 Å². The molecule has 4 nitrogen and oxygen atoms in total. The Kier molecular flexibility index (Phi) is 4.60. The lowest BCUT2D eigenvalue weighted by Crippen LogP contribution is -2.34. The van der Waals surface area contributed by atoms with Gasteiger partial charge < -0.3 is 5.32 Å². The predicted octanol–water partition coefficient (Wildman–Crippen LogP) is 1.51. The summed E-state index contributed by atoms with van der Waals surface area (Å²) in [5.74, 6) is 0.173. The number of nitrogens with zero attached hydrogens (tertiary/aromatic N) is 1. The highest BCUT2D eigenvalue weighted by atomic mass is 32.2. The quantitative estimate of drug-likeness (QED) is 0.824. The molecule has 0 atom stereocenters. The van der Waals surface area contributed by atoms with Crippen molar-refractivity contribution < 1.29 is 8.42 Å². The van der Waals surface area contributed by atoms with Gasteiger partial charge in [-0.25, -0.2) is 12.7 Å². The number of sulfonamides is 1. The molecule has 0 spiro atoms. The first-order valence-electron chi connectivity index (χ1n) is 6.71. The largest absolute Gasteiger partial charge is 0.313 e. The Balaban J connectivity index is 1.89. The molecule has 0 bridgehead atoms. The molecule has 1 aliphatic rings. The zero-order valence-electron chi connectivity index (χ0n) is 11.6. The van der Waals surface area contributed by atoms with Crippen LogP contribution >= 0.6 is 0 Å². The molecule has 106 valence electrons. The summed E-state index contributed by atoms with van der Waals surface area (Å²) < 4.78 is 25.7. The molecule has 0 radical (unpaired) electrons. The van der Waals surface area contributed by atoms with Crippen molar-refractivity contribution in [2.24, 2.45) is 0 Å². The molecule has 0 unspecified atom stereocenters. The lowest BCUT2D eigenvalue weighted by atomic mass is 10.1. The molecule has 5 heteroatoms. The van der Waals surface area contributed by atoms with Gasteiger partial charge in [0.1, 0.15) is 0 Å². The highest BCUT2D eigenvalue weighted by molar-refractivity contribution is 7.89. The molecule has 1 fully saturated rings. The number of nitrogens with one attached hydrogen (secondary N) is 1. The highest BCUT2D eigenvalue weighted by Gasteiger charge is 2.23. The van der Waals surface area contributed by atoms with E-state index in [1.54, 1.807) is 7.05 Å². The van der Waals surface area contributed by atoms with Crippen molar-refractivity contribution in [2.45, 2.75) is 32.4 Å². The van der Waals surface area contributed by atoms with Gasteiger partial charge in [-0.1, -0.05) is 24.3 Å². The maximum absolute atomic E-state index is 12.1. The maximum Gasteiger partial charge on any atom is 0.215 e. The van der Waals surface area contributed by atoms with Crippen molar-refractivity contribution in [3.8, 4) is 0 Å². The number of rotatable bonds is 7. The molecule has 0 heterocycles. The van der Waals surface area contributed by atoms with Crippen molar-refractivity contribution in [2.75, 3.05) is 19.3 Å². The summed E-state index contributed by atoms with van der Waals surface area (Å²) in [6.07, 6.45) is 2.36. The van der Waals surface area contributed by atoms with Crippen LogP contribution in [0.3, 0.4) is 0 Å². The first kappa shape index (κ1) is 14.5. The van der Waals surface area contributed by atoms with Crippen LogP contribution in [0.2, 0.25) is 0 Å². The van der Waals surface area contributed by atoms with Gasteiger partial charge in [0.2, 0.25) is 10.0 Å². The monoisotopic (exact) mass is 282 g/mol. The van der Waals surface area contributed by atoms with Crippen LogP contribution in [-0.2, 0) is 16.6 Å². The summed E-state index contributed by atoms with van der Waals surface area (Å²) in [5, 5.41) is 3.24. The third-order valence-electron chi connectivity index (χ3n) is 3.50. The minimum atomic E-state index is -3.17. The van der Waals surface area contributed by atoms with E-state index in [0.29, 0.717) is 19.1 Å². The van der Waals surface area contributed by atoms with E-state index in [1.165, 1.54) is 17.1 Å². The molecular formula is C14H22N2O2S. The summed E-state index contributed by atoms with van der Waals surface area (Å²) in [4.78, 5) is 0. The fourth-order valence-corrected chi connectivity index (χ4v) is 2.98. The second-order valence-corrected chi connectivity index (χ2v) is 7.42. The Morgan fingerprint density at radius 1 is 1.32 bits per heavy atom. The number of hydrogen-bond donors (Lipinski definition) is 1.